The van der Waals surface area contributed by atoms with Crippen LogP contribution in [0.15, 0.2) is 35.1 Å². The molecule has 2 aromatic rings. The highest BCUT2D eigenvalue weighted by Crippen LogP contribution is 2.24. The van der Waals surface area contributed by atoms with Gasteiger partial charge in [0, 0.05) is 11.3 Å². The second kappa shape index (κ2) is 5.31. The summed E-state index contributed by atoms with van der Waals surface area (Å²) in [6.45, 7) is 3.90. The van der Waals surface area contributed by atoms with Crippen molar-refractivity contribution in [2.24, 2.45) is 0 Å². The van der Waals surface area contributed by atoms with Gasteiger partial charge in [0.1, 0.15) is 0 Å². The van der Waals surface area contributed by atoms with Gasteiger partial charge in [-0.15, -0.1) is 0 Å². The van der Waals surface area contributed by atoms with Crippen molar-refractivity contribution in [3.05, 3.63) is 44.9 Å². The molecule has 1 heterocycles. The largest absolute Gasteiger partial charge is 0.308 e. The summed E-state index contributed by atoms with van der Waals surface area (Å²) in [4.78, 5) is 24.4. The Morgan fingerprint density at radius 3 is 2.56 bits per heavy atom. The Hall–Kier alpha value is -1.68. The summed E-state index contributed by atoms with van der Waals surface area (Å²) in [5.74, 6) is 0.0760. The van der Waals surface area contributed by atoms with E-state index >= 15 is 0 Å². The van der Waals surface area contributed by atoms with Crippen LogP contribution in [-0.4, -0.2) is 10.4 Å². The van der Waals surface area contributed by atoms with E-state index in [1.807, 2.05) is 44.2 Å². The Morgan fingerprint density at radius 2 is 1.94 bits per heavy atom. The average Bonchev–Trinajstić information content (AvgIpc) is 2.65. The Morgan fingerprint density at radius 1 is 1.28 bits per heavy atom. The maximum atomic E-state index is 11.9. The SMILES string of the molecule is CCC(=O)Cn1c(-c2ccccc2)c(C)sc1=O. The summed E-state index contributed by atoms with van der Waals surface area (Å²) in [6.07, 6.45) is 0.454. The van der Waals surface area contributed by atoms with E-state index in [0.29, 0.717) is 6.42 Å². The van der Waals surface area contributed by atoms with Gasteiger partial charge >= 0.3 is 4.87 Å². The lowest BCUT2D eigenvalue weighted by Crippen LogP contribution is -2.19. The molecular weight excluding hydrogens is 246 g/mol. The van der Waals surface area contributed by atoms with Crippen molar-refractivity contribution in [3.8, 4) is 11.3 Å². The lowest BCUT2D eigenvalue weighted by atomic mass is 10.1. The zero-order valence-corrected chi connectivity index (χ0v) is 11.3. The van der Waals surface area contributed by atoms with E-state index in [1.54, 1.807) is 4.57 Å². The van der Waals surface area contributed by atoms with Gasteiger partial charge in [-0.25, -0.2) is 0 Å². The summed E-state index contributed by atoms with van der Waals surface area (Å²) in [7, 11) is 0. The number of aryl methyl sites for hydroxylation is 1. The zero-order valence-electron chi connectivity index (χ0n) is 10.5. The molecule has 4 heteroatoms. The number of thiazole rings is 1. The van der Waals surface area contributed by atoms with Gasteiger partial charge in [0.2, 0.25) is 0 Å². The average molecular weight is 261 g/mol. The highest BCUT2D eigenvalue weighted by molar-refractivity contribution is 7.09. The van der Waals surface area contributed by atoms with Crippen LogP contribution in [0.2, 0.25) is 0 Å². The third-order valence-corrected chi connectivity index (χ3v) is 3.73. The first-order valence-corrected chi connectivity index (χ1v) is 6.72. The summed E-state index contributed by atoms with van der Waals surface area (Å²) < 4.78 is 1.58. The van der Waals surface area contributed by atoms with E-state index < -0.39 is 0 Å². The molecule has 2 rings (SSSR count). The van der Waals surface area contributed by atoms with E-state index in [2.05, 4.69) is 0 Å². The number of nitrogens with zero attached hydrogens (tertiary/aromatic N) is 1. The van der Waals surface area contributed by atoms with E-state index in [4.69, 9.17) is 0 Å². The minimum atomic E-state index is -0.0619. The van der Waals surface area contributed by atoms with Crippen molar-refractivity contribution in [1.82, 2.24) is 4.57 Å². The third-order valence-electron chi connectivity index (χ3n) is 2.84. The first-order chi connectivity index (χ1) is 8.63. The van der Waals surface area contributed by atoms with Crippen molar-refractivity contribution < 1.29 is 4.79 Å². The van der Waals surface area contributed by atoms with Crippen LogP contribution in [0.25, 0.3) is 11.3 Å². The second-order valence-electron chi connectivity index (χ2n) is 4.12. The first kappa shape index (κ1) is 12.8. The molecule has 0 aliphatic heterocycles. The molecular formula is C14H15NO2S. The fourth-order valence-electron chi connectivity index (χ4n) is 1.90. The maximum absolute atomic E-state index is 11.9. The van der Waals surface area contributed by atoms with Crippen molar-refractivity contribution in [2.45, 2.75) is 26.8 Å². The molecule has 0 fully saturated rings. The molecule has 0 aliphatic rings. The van der Waals surface area contributed by atoms with Gasteiger partial charge in [-0.05, 0) is 12.5 Å². The topological polar surface area (TPSA) is 39.1 Å². The van der Waals surface area contributed by atoms with Crippen LogP contribution in [-0.2, 0) is 11.3 Å². The fourth-order valence-corrected chi connectivity index (χ4v) is 2.76. The molecule has 0 unspecified atom stereocenters. The molecule has 0 atom stereocenters. The number of Topliss-reactive ketones (excluding diaryl/α,β-unsaturated/α-hetero) is 1. The van der Waals surface area contributed by atoms with Crippen LogP contribution in [0, 0.1) is 6.92 Å². The minimum absolute atomic E-state index is 0.0619. The van der Waals surface area contributed by atoms with Gasteiger partial charge in [0.15, 0.2) is 5.78 Å². The van der Waals surface area contributed by atoms with Gasteiger partial charge in [0.25, 0.3) is 0 Å². The number of hydrogen-bond donors (Lipinski definition) is 0. The van der Waals surface area contributed by atoms with Gasteiger partial charge in [-0.3, -0.25) is 14.2 Å². The van der Waals surface area contributed by atoms with Crippen molar-refractivity contribution in [3.63, 3.8) is 0 Å². The predicted octanol–water partition coefficient (Wildman–Crippen LogP) is 2.86. The molecule has 3 nitrogen and oxygen atoms in total. The number of hydrogen-bond acceptors (Lipinski definition) is 3. The van der Waals surface area contributed by atoms with Crippen molar-refractivity contribution in [1.29, 1.82) is 0 Å². The van der Waals surface area contributed by atoms with E-state index in [1.165, 1.54) is 11.3 Å². The number of carbonyl (C=O) groups is 1. The number of ketones is 1. The Kier molecular flexibility index (Phi) is 3.77. The van der Waals surface area contributed by atoms with Gasteiger partial charge in [-0.1, -0.05) is 48.6 Å². The van der Waals surface area contributed by atoms with Crippen LogP contribution in [0.1, 0.15) is 18.2 Å². The number of benzene rings is 1. The Labute approximate surface area is 110 Å². The standard InChI is InChI=1S/C14H15NO2S/c1-3-12(16)9-15-13(10(2)18-14(15)17)11-7-5-4-6-8-11/h4-8H,3,9H2,1-2H3. The maximum Gasteiger partial charge on any atom is 0.308 e. The van der Waals surface area contributed by atoms with E-state index in [0.717, 1.165) is 16.1 Å². The number of carbonyl (C=O) groups excluding carboxylic acids is 1. The number of rotatable bonds is 4. The van der Waals surface area contributed by atoms with E-state index in [9.17, 15) is 9.59 Å². The quantitative estimate of drug-likeness (QED) is 0.849. The normalized spacial score (nSPS) is 10.6. The molecule has 1 aromatic carbocycles. The van der Waals surface area contributed by atoms with E-state index in [-0.39, 0.29) is 17.2 Å². The smallest absolute Gasteiger partial charge is 0.298 e. The first-order valence-electron chi connectivity index (χ1n) is 5.90. The van der Waals surface area contributed by atoms with Crippen LogP contribution in [0.3, 0.4) is 0 Å². The molecule has 0 radical (unpaired) electrons. The predicted molar refractivity (Wildman–Crippen MR) is 74.1 cm³/mol. The van der Waals surface area contributed by atoms with Crippen molar-refractivity contribution in [2.75, 3.05) is 0 Å². The minimum Gasteiger partial charge on any atom is -0.298 e. The van der Waals surface area contributed by atoms with Gasteiger partial charge < -0.3 is 0 Å². The van der Waals surface area contributed by atoms with Gasteiger partial charge in [-0.2, -0.15) is 0 Å². The molecule has 94 valence electrons. The number of aromatic nitrogens is 1. The van der Waals surface area contributed by atoms with Crippen molar-refractivity contribution >= 4 is 17.1 Å². The molecule has 0 N–H and O–H groups in total. The molecule has 0 spiro atoms. The Bertz CT molecular complexity index is 610. The molecule has 0 saturated heterocycles. The fraction of sp³-hybridized carbons (Fsp3) is 0.286. The molecule has 0 bridgehead atoms. The summed E-state index contributed by atoms with van der Waals surface area (Å²) in [6, 6.07) is 9.72. The van der Waals surface area contributed by atoms with Crippen LogP contribution >= 0.6 is 11.3 Å². The van der Waals surface area contributed by atoms with Gasteiger partial charge in [0.05, 0.1) is 12.2 Å². The second-order valence-corrected chi connectivity index (χ2v) is 5.28. The zero-order chi connectivity index (χ0) is 13.1. The molecule has 1 aromatic heterocycles. The lowest BCUT2D eigenvalue weighted by Gasteiger charge is -2.07. The molecule has 0 aliphatic carbocycles. The van der Waals surface area contributed by atoms with Crippen LogP contribution in [0.5, 0.6) is 0 Å². The van der Waals surface area contributed by atoms with Crippen LogP contribution in [0.4, 0.5) is 0 Å². The Balaban J connectivity index is 2.53. The summed E-state index contributed by atoms with van der Waals surface area (Å²) in [5, 5.41) is 0. The highest BCUT2D eigenvalue weighted by atomic mass is 32.1. The molecule has 18 heavy (non-hydrogen) atoms. The molecule has 0 amide bonds. The van der Waals surface area contributed by atoms with Crippen LogP contribution < -0.4 is 4.87 Å². The monoisotopic (exact) mass is 261 g/mol. The summed E-state index contributed by atoms with van der Waals surface area (Å²) in [5.41, 5.74) is 1.85. The summed E-state index contributed by atoms with van der Waals surface area (Å²) >= 11 is 1.20. The highest BCUT2D eigenvalue weighted by Gasteiger charge is 2.15. The molecule has 0 saturated carbocycles. The lowest BCUT2D eigenvalue weighted by molar-refractivity contribution is -0.119. The third kappa shape index (κ3) is 2.43.